The number of phosphoric ester groups is 1. The van der Waals surface area contributed by atoms with E-state index < -0.39 is 17.7 Å². The molecular formula is C18H23N2O9PS. The number of nitro benzene ring substituents is 2. The maximum absolute atomic E-state index is 12.8. The summed E-state index contributed by atoms with van der Waals surface area (Å²) in [5, 5.41) is 21.3. The van der Waals surface area contributed by atoms with Gasteiger partial charge < -0.3 is 9.05 Å². The van der Waals surface area contributed by atoms with Gasteiger partial charge in [-0.1, -0.05) is 20.8 Å². The Morgan fingerprint density at radius 1 is 0.903 bits per heavy atom. The quantitative estimate of drug-likeness (QED) is 0.160. The fourth-order valence-electron chi connectivity index (χ4n) is 1.79. The highest BCUT2D eigenvalue weighted by Crippen LogP contribution is 2.50. The Bertz CT molecular complexity index is 813. The fraction of sp³-hybridized carbons (Fsp3) is 0.278. The molecule has 31 heavy (non-hydrogen) atoms. The number of carbonyl (C=O) groups is 1. The summed E-state index contributed by atoms with van der Waals surface area (Å²) in [5.41, 5.74) is 0.135. The third kappa shape index (κ3) is 10.6. The van der Waals surface area contributed by atoms with Crippen LogP contribution in [-0.4, -0.2) is 22.1 Å². The topological polar surface area (TPSA) is 148 Å². The van der Waals surface area contributed by atoms with Gasteiger partial charge in [0.05, 0.1) is 16.5 Å². The number of thiol groups is 1. The van der Waals surface area contributed by atoms with E-state index in [0.29, 0.717) is 12.0 Å². The van der Waals surface area contributed by atoms with Gasteiger partial charge in [-0.25, -0.2) is 4.57 Å². The van der Waals surface area contributed by atoms with Gasteiger partial charge in [0, 0.05) is 24.3 Å². The van der Waals surface area contributed by atoms with E-state index in [-0.39, 0.29) is 29.5 Å². The van der Waals surface area contributed by atoms with Crippen LogP contribution in [0.25, 0.3) is 0 Å². The van der Waals surface area contributed by atoms with E-state index >= 15 is 0 Å². The normalized spacial score (nSPS) is 9.81. The van der Waals surface area contributed by atoms with Crippen molar-refractivity contribution in [3.63, 3.8) is 0 Å². The minimum atomic E-state index is -4.10. The summed E-state index contributed by atoms with van der Waals surface area (Å²) in [6.07, 6.45) is 0.539. The maximum Gasteiger partial charge on any atom is 0.587 e. The first-order chi connectivity index (χ1) is 14.7. The van der Waals surface area contributed by atoms with Crippen molar-refractivity contribution in [2.45, 2.75) is 27.2 Å². The molecule has 0 bridgehead atoms. The second-order valence-corrected chi connectivity index (χ2v) is 6.80. The predicted octanol–water partition coefficient (Wildman–Crippen LogP) is 5.63. The van der Waals surface area contributed by atoms with Crippen LogP contribution in [0, 0.1) is 20.2 Å². The fourth-order valence-corrected chi connectivity index (χ4v) is 3.10. The van der Waals surface area contributed by atoms with Crippen LogP contribution in [0.5, 0.6) is 11.5 Å². The van der Waals surface area contributed by atoms with E-state index in [1.165, 1.54) is 48.5 Å². The van der Waals surface area contributed by atoms with Crippen LogP contribution in [0.15, 0.2) is 48.5 Å². The highest BCUT2D eigenvalue weighted by Gasteiger charge is 2.31. The Kier molecular flexibility index (Phi) is 13.5. The van der Waals surface area contributed by atoms with Gasteiger partial charge >= 0.3 is 7.82 Å². The van der Waals surface area contributed by atoms with Crippen LogP contribution >= 0.6 is 20.5 Å². The lowest BCUT2D eigenvalue weighted by atomic mass is 10.3. The molecule has 0 aromatic heterocycles. The molecule has 0 aliphatic rings. The zero-order chi connectivity index (χ0) is 23.9. The SMILES string of the molecule is CC.CCCOP(=O)(Oc1ccc([N+](=O)[O-])cc1)Oc1ccc([N+](=O)[O-])cc1.O=CS. The zero-order valence-electron chi connectivity index (χ0n) is 17.1. The van der Waals surface area contributed by atoms with E-state index in [1.807, 2.05) is 13.8 Å². The molecule has 2 aromatic carbocycles. The second kappa shape index (κ2) is 14.9. The van der Waals surface area contributed by atoms with Crippen molar-refractivity contribution in [2.75, 3.05) is 6.61 Å². The first-order valence-corrected chi connectivity index (χ1v) is 10.9. The number of carbonyl (C=O) groups excluding carboxylic acids is 1. The van der Waals surface area contributed by atoms with E-state index in [9.17, 15) is 24.8 Å². The van der Waals surface area contributed by atoms with E-state index in [4.69, 9.17) is 18.4 Å². The van der Waals surface area contributed by atoms with Crippen LogP contribution < -0.4 is 9.05 Å². The lowest BCUT2D eigenvalue weighted by Crippen LogP contribution is -2.06. The summed E-state index contributed by atoms with van der Waals surface area (Å²) < 4.78 is 28.5. The van der Waals surface area contributed by atoms with Crippen LogP contribution in [-0.2, 0) is 13.9 Å². The second-order valence-electron chi connectivity index (χ2n) is 5.07. The minimum absolute atomic E-state index is 0.0527. The molecular weight excluding hydrogens is 451 g/mol. The highest BCUT2D eigenvalue weighted by atomic mass is 32.1. The summed E-state index contributed by atoms with van der Waals surface area (Å²) >= 11 is 3.11. The predicted molar refractivity (Wildman–Crippen MR) is 118 cm³/mol. The Labute approximate surface area is 184 Å². The number of nitrogens with zero attached hydrogens (tertiary/aromatic N) is 2. The van der Waals surface area contributed by atoms with E-state index in [0.717, 1.165) is 0 Å². The molecule has 0 aliphatic carbocycles. The lowest BCUT2D eigenvalue weighted by Gasteiger charge is -2.18. The number of benzene rings is 2. The van der Waals surface area contributed by atoms with Crippen molar-refractivity contribution in [1.82, 2.24) is 0 Å². The Morgan fingerprint density at radius 2 is 1.23 bits per heavy atom. The molecule has 0 heterocycles. The van der Waals surface area contributed by atoms with Crippen molar-refractivity contribution in [1.29, 1.82) is 0 Å². The van der Waals surface area contributed by atoms with Crippen molar-refractivity contribution >= 4 is 37.4 Å². The molecule has 0 atom stereocenters. The molecule has 13 heteroatoms. The smallest absolute Gasteiger partial charge is 0.395 e. The average molecular weight is 474 g/mol. The Morgan fingerprint density at radius 3 is 1.48 bits per heavy atom. The molecule has 170 valence electrons. The molecule has 0 fully saturated rings. The van der Waals surface area contributed by atoms with Gasteiger partial charge in [-0.15, -0.1) is 12.6 Å². The summed E-state index contributed by atoms with van der Waals surface area (Å²) in [4.78, 5) is 28.8. The van der Waals surface area contributed by atoms with E-state index in [2.05, 4.69) is 12.6 Å². The molecule has 0 spiro atoms. The van der Waals surface area contributed by atoms with Gasteiger partial charge in [0.25, 0.3) is 11.4 Å². The number of nitro groups is 2. The number of hydrogen-bond acceptors (Lipinski definition) is 9. The first kappa shape index (κ1) is 28.1. The third-order valence-electron chi connectivity index (χ3n) is 2.98. The van der Waals surface area contributed by atoms with Gasteiger partial charge in [0.1, 0.15) is 11.5 Å². The lowest BCUT2D eigenvalue weighted by molar-refractivity contribution is -0.385. The van der Waals surface area contributed by atoms with Crippen molar-refractivity contribution < 1.29 is 32.8 Å². The van der Waals surface area contributed by atoms with Gasteiger partial charge in [0.2, 0.25) is 0 Å². The Balaban J connectivity index is 0.00000165. The third-order valence-corrected chi connectivity index (χ3v) is 4.35. The summed E-state index contributed by atoms with van der Waals surface area (Å²) in [5.74, 6) is 0.105. The van der Waals surface area contributed by atoms with Gasteiger partial charge in [-0.3, -0.25) is 29.5 Å². The maximum atomic E-state index is 12.8. The summed E-state index contributed by atoms with van der Waals surface area (Å²) in [6.45, 7) is 5.87. The summed E-state index contributed by atoms with van der Waals surface area (Å²) in [6, 6.07) is 9.80. The van der Waals surface area contributed by atoms with E-state index in [1.54, 1.807) is 6.92 Å². The molecule has 0 amide bonds. The number of non-ortho nitro benzene ring substituents is 2. The largest absolute Gasteiger partial charge is 0.587 e. The monoisotopic (exact) mass is 474 g/mol. The first-order valence-electron chi connectivity index (χ1n) is 8.95. The number of rotatable bonds is 9. The van der Waals surface area contributed by atoms with Gasteiger partial charge in [-0.2, -0.15) is 0 Å². The number of phosphoric acid groups is 1. The molecule has 0 radical (unpaired) electrons. The standard InChI is InChI=1S/C15H15N2O8P.C2H6.CH2OS/c1-2-11-23-26(22,24-14-7-3-12(4-8-14)16(18)19)25-15-9-5-13(6-10-15)17(20)21;1-2;2-1-3/h3-10H,2,11H2,1H3;1-2H3;1H,(H,2,3). The van der Waals surface area contributed by atoms with Crippen LogP contribution in [0.3, 0.4) is 0 Å². The molecule has 0 saturated heterocycles. The molecule has 2 aromatic rings. The molecule has 11 nitrogen and oxygen atoms in total. The molecule has 2 rings (SSSR count). The van der Waals surface area contributed by atoms with Crippen LogP contribution in [0.1, 0.15) is 27.2 Å². The number of hydrogen-bond donors (Lipinski definition) is 1. The highest BCUT2D eigenvalue weighted by molar-refractivity contribution is 7.94. The molecule has 0 unspecified atom stereocenters. The van der Waals surface area contributed by atoms with Crippen LogP contribution in [0.4, 0.5) is 11.4 Å². The zero-order valence-corrected chi connectivity index (χ0v) is 18.9. The van der Waals surface area contributed by atoms with Gasteiger partial charge in [0.15, 0.2) is 5.62 Å². The average Bonchev–Trinajstić information content (AvgIpc) is 2.75. The Hall–Kier alpha value is -2.95. The van der Waals surface area contributed by atoms with Crippen LogP contribution in [0.2, 0.25) is 0 Å². The van der Waals surface area contributed by atoms with Crippen molar-refractivity contribution in [3.05, 3.63) is 68.8 Å². The molecule has 0 N–H and O–H groups in total. The molecule has 0 saturated carbocycles. The van der Waals surface area contributed by atoms with Crippen molar-refractivity contribution in [3.8, 4) is 11.5 Å². The minimum Gasteiger partial charge on any atom is -0.395 e. The summed E-state index contributed by atoms with van der Waals surface area (Å²) in [7, 11) is -4.10. The molecule has 0 aliphatic heterocycles. The van der Waals surface area contributed by atoms with Crippen molar-refractivity contribution in [2.24, 2.45) is 0 Å². The van der Waals surface area contributed by atoms with Gasteiger partial charge in [-0.05, 0) is 30.7 Å².